The van der Waals surface area contributed by atoms with Crippen molar-refractivity contribution in [2.75, 3.05) is 0 Å². The molecule has 2 N–H and O–H groups in total. The predicted molar refractivity (Wildman–Crippen MR) is 53.7 cm³/mol. The van der Waals surface area contributed by atoms with Crippen LogP contribution in [0.1, 0.15) is 17.9 Å². The van der Waals surface area contributed by atoms with Crippen LogP contribution in [0, 0.1) is 0 Å². The smallest absolute Gasteiger partial charge is 0.327 e. The summed E-state index contributed by atoms with van der Waals surface area (Å²) in [5, 5.41) is 0. The molecule has 5 heteroatoms. The highest BCUT2D eigenvalue weighted by molar-refractivity contribution is 8.00. The lowest BCUT2D eigenvalue weighted by Gasteiger charge is -2.06. The molecular formula is C10H10F3NS. The van der Waals surface area contributed by atoms with E-state index in [1.54, 1.807) is 12.1 Å². The lowest BCUT2D eigenvalue weighted by molar-refractivity contribution is -0.0328. The van der Waals surface area contributed by atoms with Crippen LogP contribution in [0.2, 0.25) is 0 Å². The summed E-state index contributed by atoms with van der Waals surface area (Å²) in [6, 6.07) is 6.65. The maximum absolute atomic E-state index is 12.1. The first-order chi connectivity index (χ1) is 6.96. The van der Waals surface area contributed by atoms with Gasteiger partial charge in [0.05, 0.1) is 0 Å². The average molecular weight is 233 g/mol. The van der Waals surface area contributed by atoms with Crippen molar-refractivity contribution in [2.45, 2.75) is 28.8 Å². The largest absolute Gasteiger partial charge is 0.446 e. The van der Waals surface area contributed by atoms with Gasteiger partial charge in [0.1, 0.15) is 0 Å². The van der Waals surface area contributed by atoms with Gasteiger partial charge in [0, 0.05) is 16.9 Å². The molecule has 0 amide bonds. The summed E-state index contributed by atoms with van der Waals surface area (Å²) in [5.41, 5.74) is 2.34. The Morgan fingerprint density at radius 1 is 1.33 bits per heavy atom. The molecule has 0 radical (unpaired) electrons. The third-order valence-electron chi connectivity index (χ3n) is 2.36. The molecule has 82 valence electrons. The van der Waals surface area contributed by atoms with Crippen LogP contribution in [0.5, 0.6) is 0 Å². The van der Waals surface area contributed by atoms with Gasteiger partial charge < -0.3 is 5.73 Å². The average Bonchev–Trinajstić information content (AvgIpc) is 2.80. The van der Waals surface area contributed by atoms with E-state index in [0.717, 1.165) is 12.0 Å². The lowest BCUT2D eigenvalue weighted by atomic mass is 10.1. The maximum atomic E-state index is 12.1. The summed E-state index contributed by atoms with van der Waals surface area (Å²) in [6.07, 6.45) is 0.875. The Balaban J connectivity index is 2.13. The van der Waals surface area contributed by atoms with Crippen LogP contribution in [0.25, 0.3) is 0 Å². The molecular weight excluding hydrogens is 223 g/mol. The molecule has 0 aromatic heterocycles. The first-order valence-corrected chi connectivity index (χ1v) is 5.38. The van der Waals surface area contributed by atoms with E-state index in [9.17, 15) is 13.2 Å². The molecule has 0 bridgehead atoms. The van der Waals surface area contributed by atoms with Gasteiger partial charge in [-0.05, 0) is 35.9 Å². The third-order valence-corrected chi connectivity index (χ3v) is 3.08. The third kappa shape index (κ3) is 2.89. The Morgan fingerprint density at radius 3 is 2.53 bits per heavy atom. The van der Waals surface area contributed by atoms with Crippen molar-refractivity contribution >= 4 is 11.8 Å². The van der Waals surface area contributed by atoms with Gasteiger partial charge in [-0.3, -0.25) is 0 Å². The van der Waals surface area contributed by atoms with Crippen molar-refractivity contribution in [3.8, 4) is 0 Å². The van der Waals surface area contributed by atoms with E-state index in [1.165, 1.54) is 6.07 Å². The second-order valence-electron chi connectivity index (χ2n) is 3.63. The van der Waals surface area contributed by atoms with Gasteiger partial charge in [0.2, 0.25) is 0 Å². The molecule has 1 aliphatic rings. The number of hydrogen-bond donors (Lipinski definition) is 1. The highest BCUT2D eigenvalue weighted by Crippen LogP contribution is 2.42. The summed E-state index contributed by atoms with van der Waals surface area (Å²) in [5.74, 6) is 0.249. The Bertz CT molecular complexity index is 364. The van der Waals surface area contributed by atoms with Crippen LogP contribution < -0.4 is 5.73 Å². The van der Waals surface area contributed by atoms with Crippen molar-refractivity contribution in [1.82, 2.24) is 0 Å². The fourth-order valence-corrected chi connectivity index (χ4v) is 2.15. The van der Waals surface area contributed by atoms with Crippen LogP contribution in [0.3, 0.4) is 0 Å². The predicted octanol–water partition coefficient (Wildman–Crippen LogP) is 3.11. The van der Waals surface area contributed by atoms with Crippen LogP contribution in [-0.2, 0) is 0 Å². The van der Waals surface area contributed by atoms with Crippen LogP contribution in [-0.4, -0.2) is 11.6 Å². The molecule has 1 nitrogen and oxygen atoms in total. The van der Waals surface area contributed by atoms with Gasteiger partial charge in [0.25, 0.3) is 0 Å². The van der Waals surface area contributed by atoms with Crippen LogP contribution >= 0.6 is 11.8 Å². The van der Waals surface area contributed by atoms with E-state index < -0.39 is 5.51 Å². The van der Waals surface area contributed by atoms with Gasteiger partial charge in [-0.2, -0.15) is 13.2 Å². The van der Waals surface area contributed by atoms with Crippen molar-refractivity contribution in [3.63, 3.8) is 0 Å². The van der Waals surface area contributed by atoms with Crippen molar-refractivity contribution in [1.29, 1.82) is 0 Å². The summed E-state index contributed by atoms with van der Waals surface area (Å²) in [7, 11) is 0. The van der Waals surface area contributed by atoms with Crippen LogP contribution in [0.15, 0.2) is 29.2 Å². The number of nitrogens with two attached hydrogens (primary N) is 1. The fourth-order valence-electron chi connectivity index (χ4n) is 1.54. The molecule has 0 saturated heterocycles. The van der Waals surface area contributed by atoms with Crippen molar-refractivity contribution in [2.24, 2.45) is 5.73 Å². The highest BCUT2D eigenvalue weighted by Gasteiger charge is 2.35. The van der Waals surface area contributed by atoms with Gasteiger partial charge in [-0.15, -0.1) is 0 Å². The van der Waals surface area contributed by atoms with E-state index in [2.05, 4.69) is 0 Å². The molecule has 2 atom stereocenters. The van der Waals surface area contributed by atoms with Gasteiger partial charge in [0.15, 0.2) is 0 Å². The number of hydrogen-bond acceptors (Lipinski definition) is 2. The van der Waals surface area contributed by atoms with E-state index in [1.807, 2.05) is 6.07 Å². The molecule has 2 rings (SSSR count). The lowest BCUT2D eigenvalue weighted by Crippen LogP contribution is -2.02. The first-order valence-electron chi connectivity index (χ1n) is 4.57. The van der Waals surface area contributed by atoms with Crippen LogP contribution in [0.4, 0.5) is 13.2 Å². The number of rotatable bonds is 2. The standard InChI is InChI=1S/C10H10F3NS/c11-10(12,13)15-7-3-1-2-6(4-7)8-5-9(8)14/h1-4,8-9H,5,14H2/t8-,9+/m0/s1. The minimum Gasteiger partial charge on any atom is -0.327 e. The summed E-state index contributed by atoms with van der Waals surface area (Å²) in [6.45, 7) is 0. The Kier molecular flexibility index (Phi) is 2.68. The number of alkyl halides is 3. The highest BCUT2D eigenvalue weighted by atomic mass is 32.2. The monoisotopic (exact) mass is 233 g/mol. The molecule has 1 aromatic carbocycles. The van der Waals surface area contributed by atoms with E-state index in [-0.39, 0.29) is 28.6 Å². The molecule has 1 aliphatic carbocycles. The van der Waals surface area contributed by atoms with Gasteiger partial charge in [-0.1, -0.05) is 12.1 Å². The zero-order chi connectivity index (χ0) is 11.1. The van der Waals surface area contributed by atoms with Gasteiger partial charge in [-0.25, -0.2) is 0 Å². The molecule has 1 saturated carbocycles. The Hall–Kier alpha value is -0.680. The Labute approximate surface area is 89.8 Å². The van der Waals surface area contributed by atoms with Crippen molar-refractivity contribution < 1.29 is 13.2 Å². The fraction of sp³-hybridized carbons (Fsp3) is 0.400. The second-order valence-corrected chi connectivity index (χ2v) is 4.76. The summed E-state index contributed by atoms with van der Waals surface area (Å²) < 4.78 is 36.3. The number of halogens is 3. The first kappa shape index (κ1) is 10.8. The quantitative estimate of drug-likeness (QED) is 0.794. The molecule has 0 unspecified atom stereocenters. The topological polar surface area (TPSA) is 26.0 Å². The number of thioether (sulfide) groups is 1. The summed E-state index contributed by atoms with van der Waals surface area (Å²) in [4.78, 5) is 0.235. The molecule has 0 spiro atoms. The van der Waals surface area contributed by atoms with E-state index >= 15 is 0 Å². The summed E-state index contributed by atoms with van der Waals surface area (Å²) >= 11 is -0.0795. The molecule has 15 heavy (non-hydrogen) atoms. The van der Waals surface area contributed by atoms with Crippen molar-refractivity contribution in [3.05, 3.63) is 29.8 Å². The minimum absolute atomic E-state index is 0.0795. The number of benzene rings is 1. The SMILES string of the molecule is N[C@@H]1C[C@H]1c1cccc(SC(F)(F)F)c1. The zero-order valence-electron chi connectivity index (χ0n) is 7.79. The Morgan fingerprint density at radius 2 is 2.00 bits per heavy atom. The minimum atomic E-state index is -4.22. The second kappa shape index (κ2) is 3.72. The maximum Gasteiger partial charge on any atom is 0.446 e. The normalized spacial score (nSPS) is 25.3. The van der Waals surface area contributed by atoms with E-state index in [0.29, 0.717) is 0 Å². The molecule has 0 heterocycles. The molecule has 1 fully saturated rings. The zero-order valence-corrected chi connectivity index (χ0v) is 8.61. The molecule has 1 aromatic rings. The molecule has 0 aliphatic heterocycles. The van der Waals surface area contributed by atoms with E-state index in [4.69, 9.17) is 5.73 Å². The van der Waals surface area contributed by atoms with Gasteiger partial charge >= 0.3 is 5.51 Å².